The predicted octanol–water partition coefficient (Wildman–Crippen LogP) is 4.24. The average molecular weight is 335 g/mol. The molecule has 2 aromatic carbocycles. The Hall–Kier alpha value is -2.95. The molecule has 0 aliphatic heterocycles. The van der Waals surface area contributed by atoms with Crippen molar-refractivity contribution < 1.29 is 9.32 Å². The van der Waals surface area contributed by atoms with Gasteiger partial charge in [-0.15, -0.1) is 0 Å². The van der Waals surface area contributed by atoms with Gasteiger partial charge in [0.1, 0.15) is 0 Å². The van der Waals surface area contributed by atoms with Gasteiger partial charge in [0, 0.05) is 11.1 Å². The van der Waals surface area contributed by atoms with Crippen molar-refractivity contribution >= 4 is 5.91 Å². The van der Waals surface area contributed by atoms with Gasteiger partial charge in [-0.3, -0.25) is 4.79 Å². The summed E-state index contributed by atoms with van der Waals surface area (Å²) >= 11 is 0. The lowest BCUT2D eigenvalue weighted by atomic mass is 10.0. The maximum atomic E-state index is 12.6. The molecule has 128 valence electrons. The van der Waals surface area contributed by atoms with Crippen molar-refractivity contribution in [2.24, 2.45) is 0 Å². The van der Waals surface area contributed by atoms with E-state index in [1.807, 2.05) is 70.2 Å². The lowest BCUT2D eigenvalue weighted by molar-refractivity contribution is 0.0920. The SMILES string of the molecule is Cc1cccc(-c2noc(-c3ccccc3C(=O)NC(C)(C)C)n2)c1. The second-order valence-corrected chi connectivity index (χ2v) is 7.04. The number of nitrogens with one attached hydrogen (secondary N) is 1. The second kappa shape index (κ2) is 6.51. The van der Waals surface area contributed by atoms with E-state index >= 15 is 0 Å². The van der Waals surface area contributed by atoms with Gasteiger partial charge >= 0.3 is 0 Å². The van der Waals surface area contributed by atoms with Gasteiger partial charge in [-0.2, -0.15) is 4.98 Å². The van der Waals surface area contributed by atoms with Crippen molar-refractivity contribution in [1.29, 1.82) is 0 Å². The molecule has 1 amide bonds. The van der Waals surface area contributed by atoms with Crippen LogP contribution in [0.1, 0.15) is 36.7 Å². The summed E-state index contributed by atoms with van der Waals surface area (Å²) < 4.78 is 5.42. The molecule has 25 heavy (non-hydrogen) atoms. The Labute approximate surface area is 147 Å². The van der Waals surface area contributed by atoms with E-state index in [9.17, 15) is 4.79 Å². The first-order chi connectivity index (χ1) is 11.8. The van der Waals surface area contributed by atoms with Crippen molar-refractivity contribution in [3.8, 4) is 22.8 Å². The summed E-state index contributed by atoms with van der Waals surface area (Å²) in [4.78, 5) is 17.0. The van der Waals surface area contributed by atoms with Crippen molar-refractivity contribution in [2.45, 2.75) is 33.2 Å². The van der Waals surface area contributed by atoms with Gasteiger partial charge in [-0.1, -0.05) is 41.1 Å². The van der Waals surface area contributed by atoms with Crippen molar-refractivity contribution in [3.05, 3.63) is 59.7 Å². The van der Waals surface area contributed by atoms with Crippen molar-refractivity contribution in [2.75, 3.05) is 0 Å². The van der Waals surface area contributed by atoms with Crippen LogP contribution in [0, 0.1) is 6.92 Å². The third-order valence-electron chi connectivity index (χ3n) is 3.59. The number of amides is 1. The Balaban J connectivity index is 1.97. The molecule has 5 heteroatoms. The zero-order valence-electron chi connectivity index (χ0n) is 14.8. The Kier molecular flexibility index (Phi) is 4.40. The average Bonchev–Trinajstić information content (AvgIpc) is 3.03. The number of benzene rings is 2. The minimum Gasteiger partial charge on any atom is -0.347 e. The van der Waals surface area contributed by atoms with E-state index < -0.39 is 0 Å². The molecule has 3 rings (SSSR count). The predicted molar refractivity (Wildman–Crippen MR) is 97.1 cm³/mol. The minimum atomic E-state index is -0.328. The number of nitrogens with zero attached hydrogens (tertiary/aromatic N) is 2. The van der Waals surface area contributed by atoms with Crippen LogP contribution < -0.4 is 5.32 Å². The number of carbonyl (C=O) groups is 1. The van der Waals surface area contributed by atoms with E-state index in [4.69, 9.17) is 4.52 Å². The number of rotatable bonds is 3. The van der Waals surface area contributed by atoms with E-state index in [1.54, 1.807) is 6.07 Å². The fourth-order valence-electron chi connectivity index (χ4n) is 2.51. The lowest BCUT2D eigenvalue weighted by Crippen LogP contribution is -2.40. The largest absolute Gasteiger partial charge is 0.347 e. The summed E-state index contributed by atoms with van der Waals surface area (Å²) in [6.07, 6.45) is 0. The van der Waals surface area contributed by atoms with Crippen LogP contribution in [-0.2, 0) is 0 Å². The lowest BCUT2D eigenvalue weighted by Gasteiger charge is -2.21. The Morgan fingerprint density at radius 2 is 1.84 bits per heavy atom. The van der Waals surface area contributed by atoms with Crippen LogP contribution in [-0.4, -0.2) is 21.6 Å². The van der Waals surface area contributed by atoms with E-state index in [-0.39, 0.29) is 11.4 Å². The van der Waals surface area contributed by atoms with Crippen molar-refractivity contribution in [3.63, 3.8) is 0 Å². The van der Waals surface area contributed by atoms with Crippen molar-refractivity contribution in [1.82, 2.24) is 15.5 Å². The summed E-state index contributed by atoms with van der Waals surface area (Å²) in [5.74, 6) is 0.666. The number of carbonyl (C=O) groups excluding carboxylic acids is 1. The highest BCUT2D eigenvalue weighted by Crippen LogP contribution is 2.26. The third-order valence-corrected chi connectivity index (χ3v) is 3.59. The van der Waals surface area contributed by atoms with Gasteiger partial charge in [0.15, 0.2) is 0 Å². The van der Waals surface area contributed by atoms with Crippen LogP contribution in [0.5, 0.6) is 0 Å². The zero-order valence-corrected chi connectivity index (χ0v) is 14.8. The van der Waals surface area contributed by atoms with E-state index in [2.05, 4.69) is 15.5 Å². The van der Waals surface area contributed by atoms with Gasteiger partial charge < -0.3 is 9.84 Å². The van der Waals surface area contributed by atoms with E-state index in [1.165, 1.54) is 0 Å². The summed E-state index contributed by atoms with van der Waals surface area (Å²) in [5, 5.41) is 7.02. The molecule has 3 aromatic rings. The molecular formula is C20H21N3O2. The number of aryl methyl sites for hydroxylation is 1. The second-order valence-electron chi connectivity index (χ2n) is 7.04. The van der Waals surface area contributed by atoms with Gasteiger partial charge in [0.2, 0.25) is 5.82 Å². The molecule has 0 aliphatic rings. The molecule has 0 spiro atoms. The zero-order chi connectivity index (χ0) is 18.0. The number of hydrogen-bond donors (Lipinski definition) is 1. The monoisotopic (exact) mass is 335 g/mol. The highest BCUT2D eigenvalue weighted by atomic mass is 16.5. The molecule has 0 atom stereocenters. The van der Waals surface area contributed by atoms with Crippen LogP contribution >= 0.6 is 0 Å². The first kappa shape index (κ1) is 16.9. The smallest absolute Gasteiger partial charge is 0.259 e. The molecule has 0 aliphatic carbocycles. The van der Waals surface area contributed by atoms with Gasteiger partial charge in [-0.05, 0) is 45.9 Å². The summed E-state index contributed by atoms with van der Waals surface area (Å²) in [5.41, 5.74) is 2.80. The van der Waals surface area contributed by atoms with E-state index in [0.29, 0.717) is 22.8 Å². The first-order valence-electron chi connectivity index (χ1n) is 8.16. The number of hydrogen-bond acceptors (Lipinski definition) is 4. The Morgan fingerprint density at radius 3 is 2.56 bits per heavy atom. The maximum Gasteiger partial charge on any atom is 0.259 e. The number of aromatic nitrogens is 2. The molecule has 0 saturated heterocycles. The summed E-state index contributed by atoms with van der Waals surface area (Å²) in [7, 11) is 0. The molecule has 1 aromatic heterocycles. The van der Waals surface area contributed by atoms with Gasteiger partial charge in [0.25, 0.3) is 11.8 Å². The molecule has 0 saturated carbocycles. The highest BCUT2D eigenvalue weighted by molar-refractivity contribution is 6.00. The van der Waals surface area contributed by atoms with Gasteiger partial charge in [0.05, 0.1) is 11.1 Å². The highest BCUT2D eigenvalue weighted by Gasteiger charge is 2.21. The van der Waals surface area contributed by atoms with Crippen LogP contribution in [0.3, 0.4) is 0 Å². The first-order valence-corrected chi connectivity index (χ1v) is 8.16. The Bertz CT molecular complexity index is 907. The molecule has 0 radical (unpaired) electrons. The van der Waals surface area contributed by atoms with Crippen LogP contribution in [0.4, 0.5) is 0 Å². The topological polar surface area (TPSA) is 68.0 Å². The van der Waals surface area contributed by atoms with Gasteiger partial charge in [-0.25, -0.2) is 0 Å². The molecular weight excluding hydrogens is 314 g/mol. The molecule has 0 unspecified atom stereocenters. The molecule has 0 bridgehead atoms. The molecule has 0 fully saturated rings. The third kappa shape index (κ3) is 3.94. The standard InChI is InChI=1S/C20H21N3O2/c1-13-8-7-9-14(12-13)17-21-19(25-23-17)16-11-6-5-10-15(16)18(24)22-20(2,3)4/h5-12H,1-4H3,(H,22,24). The molecule has 1 N–H and O–H groups in total. The fraction of sp³-hybridized carbons (Fsp3) is 0.250. The Morgan fingerprint density at radius 1 is 1.08 bits per heavy atom. The van der Waals surface area contributed by atoms with Crippen LogP contribution in [0.15, 0.2) is 53.1 Å². The summed E-state index contributed by atoms with van der Waals surface area (Å²) in [6.45, 7) is 7.83. The molecule has 5 nitrogen and oxygen atoms in total. The molecule has 1 heterocycles. The maximum absolute atomic E-state index is 12.6. The summed E-state index contributed by atoms with van der Waals surface area (Å²) in [6, 6.07) is 15.1. The van der Waals surface area contributed by atoms with Crippen LogP contribution in [0.25, 0.3) is 22.8 Å². The minimum absolute atomic E-state index is 0.168. The normalized spacial score (nSPS) is 11.4. The van der Waals surface area contributed by atoms with E-state index in [0.717, 1.165) is 11.1 Å². The van der Waals surface area contributed by atoms with Crippen LogP contribution in [0.2, 0.25) is 0 Å². The quantitative estimate of drug-likeness (QED) is 0.777. The fourth-order valence-corrected chi connectivity index (χ4v) is 2.51.